The van der Waals surface area contributed by atoms with Crippen LogP contribution in [-0.4, -0.2) is 5.78 Å². The summed E-state index contributed by atoms with van der Waals surface area (Å²) < 4.78 is 15.2. The number of hydrogen-bond donors (Lipinski definition) is 0. The van der Waals surface area contributed by atoms with Crippen molar-refractivity contribution in [2.24, 2.45) is 0 Å². The molecule has 0 atom stereocenters. The largest absolute Gasteiger partial charge is 0.309 e. The maximum atomic E-state index is 15.2. The third-order valence-electron chi connectivity index (χ3n) is 6.83. The molecular formula is C34H29O2P. The van der Waals surface area contributed by atoms with E-state index in [4.69, 9.17) is 0 Å². The number of carbonyl (C=O) groups is 1. The van der Waals surface area contributed by atoms with Crippen LogP contribution in [-0.2, 0) is 4.57 Å². The van der Waals surface area contributed by atoms with Gasteiger partial charge in [0.05, 0.1) is 0 Å². The molecule has 0 bridgehead atoms. The van der Waals surface area contributed by atoms with Gasteiger partial charge in [0.25, 0.3) is 0 Å². The quantitative estimate of drug-likeness (QED) is 0.183. The zero-order valence-corrected chi connectivity index (χ0v) is 22.2. The normalized spacial score (nSPS) is 11.3. The summed E-state index contributed by atoms with van der Waals surface area (Å²) in [5.74, 6) is -0.0204. The molecule has 0 aromatic heterocycles. The molecule has 0 aliphatic carbocycles. The van der Waals surface area contributed by atoms with E-state index in [1.165, 1.54) is 0 Å². The van der Waals surface area contributed by atoms with Gasteiger partial charge in [0, 0.05) is 27.0 Å². The molecule has 0 fully saturated rings. The first kappa shape index (κ1) is 24.7. The minimum absolute atomic E-state index is 0.0204. The minimum atomic E-state index is -3.24. The Hall–Kier alpha value is -4.00. The number of carbonyl (C=O) groups excluding carboxylic acids is 1. The first-order valence-electron chi connectivity index (χ1n) is 12.4. The number of rotatable bonds is 6. The average Bonchev–Trinajstić information content (AvgIpc) is 2.93. The van der Waals surface area contributed by atoms with Crippen LogP contribution in [0, 0.1) is 20.8 Å². The van der Waals surface area contributed by atoms with E-state index in [2.05, 4.69) is 0 Å². The molecule has 0 radical (unpaired) electrons. The van der Waals surface area contributed by atoms with Gasteiger partial charge in [-0.1, -0.05) is 115 Å². The van der Waals surface area contributed by atoms with Crippen molar-refractivity contribution in [3.63, 3.8) is 0 Å². The summed E-state index contributed by atoms with van der Waals surface area (Å²) in [6.07, 6.45) is 0. The number of hydrogen-bond acceptors (Lipinski definition) is 2. The topological polar surface area (TPSA) is 34.1 Å². The fraction of sp³-hybridized carbons (Fsp3) is 0.0882. The van der Waals surface area contributed by atoms with Crippen molar-refractivity contribution in [3.8, 4) is 11.1 Å². The molecule has 0 heterocycles. The monoisotopic (exact) mass is 500 g/mol. The summed E-state index contributed by atoms with van der Waals surface area (Å²) in [4.78, 5) is 13.8. The first-order valence-corrected chi connectivity index (χ1v) is 14.1. The lowest BCUT2D eigenvalue weighted by atomic mass is 9.92. The second-order valence-corrected chi connectivity index (χ2v) is 12.2. The van der Waals surface area contributed by atoms with E-state index >= 15 is 4.57 Å². The van der Waals surface area contributed by atoms with Gasteiger partial charge in [-0.3, -0.25) is 4.79 Å². The molecule has 0 saturated carbocycles. The van der Waals surface area contributed by atoms with Crippen LogP contribution in [0.1, 0.15) is 32.6 Å². The smallest absolute Gasteiger partial charge is 0.193 e. The summed E-state index contributed by atoms with van der Waals surface area (Å²) in [6.45, 7) is 6.01. The summed E-state index contributed by atoms with van der Waals surface area (Å²) in [5.41, 5.74) is 6.12. The van der Waals surface area contributed by atoms with Crippen LogP contribution >= 0.6 is 7.14 Å². The third-order valence-corrected chi connectivity index (χ3v) is 9.95. The summed E-state index contributed by atoms with van der Waals surface area (Å²) in [7, 11) is -3.24. The van der Waals surface area contributed by atoms with Gasteiger partial charge in [-0.05, 0) is 55.2 Å². The van der Waals surface area contributed by atoms with Crippen molar-refractivity contribution >= 4 is 28.8 Å². The van der Waals surface area contributed by atoms with Crippen LogP contribution in [0.5, 0.6) is 0 Å². The first-order chi connectivity index (χ1) is 17.9. The van der Waals surface area contributed by atoms with Crippen molar-refractivity contribution < 1.29 is 9.36 Å². The third kappa shape index (κ3) is 4.61. The molecule has 2 nitrogen and oxygen atoms in total. The number of ketones is 1. The standard InChI is InChI=1S/C34H29O2P/c1-24-21-25(2)33(26(3)22-24)34(35)28-19-20-32(31(23-28)27-13-7-4-8-14-27)37(36,29-15-9-5-10-16-29)30-17-11-6-12-18-30/h4-23H,1-3H3. The second kappa shape index (κ2) is 10.2. The summed E-state index contributed by atoms with van der Waals surface area (Å²) in [5, 5.41) is 2.26. The lowest BCUT2D eigenvalue weighted by Gasteiger charge is -2.23. The van der Waals surface area contributed by atoms with Gasteiger partial charge in [-0.25, -0.2) is 0 Å². The molecule has 3 heteroatoms. The minimum Gasteiger partial charge on any atom is -0.309 e. The van der Waals surface area contributed by atoms with Crippen molar-refractivity contribution in [2.45, 2.75) is 20.8 Å². The van der Waals surface area contributed by atoms with Gasteiger partial charge in [-0.15, -0.1) is 0 Å². The Morgan fingerprint density at radius 1 is 0.595 bits per heavy atom. The molecule has 37 heavy (non-hydrogen) atoms. The van der Waals surface area contributed by atoms with E-state index in [0.29, 0.717) is 5.56 Å². The predicted octanol–water partition coefficient (Wildman–Crippen LogP) is 7.15. The van der Waals surface area contributed by atoms with E-state index in [1.54, 1.807) is 0 Å². The van der Waals surface area contributed by atoms with E-state index in [9.17, 15) is 4.79 Å². The molecule has 0 amide bonds. The molecule has 0 saturated heterocycles. The molecule has 0 spiro atoms. The van der Waals surface area contributed by atoms with Crippen molar-refractivity contribution in [2.75, 3.05) is 0 Å². The molecular weight excluding hydrogens is 471 g/mol. The molecule has 0 aliphatic rings. The van der Waals surface area contributed by atoms with Gasteiger partial charge in [0.1, 0.15) is 0 Å². The molecule has 5 aromatic carbocycles. The highest BCUT2D eigenvalue weighted by Crippen LogP contribution is 2.45. The maximum Gasteiger partial charge on any atom is 0.193 e. The molecule has 0 unspecified atom stereocenters. The fourth-order valence-corrected chi connectivity index (χ4v) is 8.04. The van der Waals surface area contributed by atoms with E-state index in [-0.39, 0.29) is 5.78 Å². The van der Waals surface area contributed by atoms with Crippen LogP contribution in [0.2, 0.25) is 0 Å². The Morgan fingerprint density at radius 3 is 1.59 bits per heavy atom. The molecule has 5 rings (SSSR count). The van der Waals surface area contributed by atoms with E-state index in [0.717, 1.165) is 49.3 Å². The fourth-order valence-electron chi connectivity index (χ4n) is 5.19. The highest BCUT2D eigenvalue weighted by atomic mass is 31.2. The van der Waals surface area contributed by atoms with E-state index in [1.807, 2.05) is 142 Å². The zero-order chi connectivity index (χ0) is 26.0. The Bertz CT molecular complexity index is 1550. The van der Waals surface area contributed by atoms with Crippen molar-refractivity contribution in [3.05, 3.63) is 149 Å². The Labute approximate surface area is 219 Å². The van der Waals surface area contributed by atoms with Gasteiger partial charge in [0.2, 0.25) is 0 Å². The summed E-state index contributed by atoms with van der Waals surface area (Å²) in [6, 6.07) is 39.0. The van der Waals surface area contributed by atoms with Crippen LogP contribution in [0.3, 0.4) is 0 Å². The van der Waals surface area contributed by atoms with Gasteiger partial charge in [0.15, 0.2) is 12.9 Å². The predicted molar refractivity (Wildman–Crippen MR) is 155 cm³/mol. The highest BCUT2D eigenvalue weighted by molar-refractivity contribution is 7.85. The van der Waals surface area contributed by atoms with Crippen LogP contribution in [0.25, 0.3) is 11.1 Å². The Kier molecular flexibility index (Phi) is 6.78. The second-order valence-electron chi connectivity index (χ2n) is 9.48. The van der Waals surface area contributed by atoms with Crippen LogP contribution in [0.4, 0.5) is 0 Å². The lowest BCUT2D eigenvalue weighted by molar-refractivity contribution is 0.103. The SMILES string of the molecule is Cc1cc(C)c(C(=O)c2ccc(P(=O)(c3ccccc3)c3ccccc3)c(-c3ccccc3)c2)c(C)c1. The van der Waals surface area contributed by atoms with Gasteiger partial charge < -0.3 is 4.57 Å². The summed E-state index contributed by atoms with van der Waals surface area (Å²) >= 11 is 0. The Morgan fingerprint density at radius 2 is 1.08 bits per heavy atom. The average molecular weight is 501 g/mol. The molecule has 182 valence electrons. The Balaban J connectivity index is 1.77. The van der Waals surface area contributed by atoms with Gasteiger partial charge >= 0.3 is 0 Å². The number of aryl methyl sites for hydroxylation is 3. The van der Waals surface area contributed by atoms with Crippen molar-refractivity contribution in [1.82, 2.24) is 0 Å². The molecule has 0 N–H and O–H groups in total. The number of benzene rings is 5. The highest BCUT2D eigenvalue weighted by Gasteiger charge is 2.32. The van der Waals surface area contributed by atoms with Crippen LogP contribution in [0.15, 0.2) is 121 Å². The lowest BCUT2D eigenvalue weighted by Crippen LogP contribution is -2.26. The van der Waals surface area contributed by atoms with E-state index < -0.39 is 7.14 Å². The molecule has 0 aliphatic heterocycles. The zero-order valence-electron chi connectivity index (χ0n) is 21.3. The maximum absolute atomic E-state index is 15.2. The van der Waals surface area contributed by atoms with Crippen molar-refractivity contribution in [1.29, 1.82) is 0 Å². The van der Waals surface area contributed by atoms with Crippen LogP contribution < -0.4 is 15.9 Å². The molecule has 5 aromatic rings. The van der Waals surface area contributed by atoms with Gasteiger partial charge in [-0.2, -0.15) is 0 Å².